The highest BCUT2D eigenvalue weighted by atomic mass is 16.5. The minimum absolute atomic E-state index is 0.173. The largest absolute Gasteiger partial charge is 0.497 e. The summed E-state index contributed by atoms with van der Waals surface area (Å²) >= 11 is 0. The van der Waals surface area contributed by atoms with Crippen molar-refractivity contribution < 1.29 is 9.84 Å². The molecule has 1 aromatic carbocycles. The first-order chi connectivity index (χ1) is 8.76. The molecule has 0 bridgehead atoms. The van der Waals surface area contributed by atoms with Crippen molar-refractivity contribution in [2.24, 2.45) is 0 Å². The summed E-state index contributed by atoms with van der Waals surface area (Å²) in [4.78, 5) is 0. The van der Waals surface area contributed by atoms with Gasteiger partial charge in [-0.25, -0.2) is 0 Å². The molecular weight excluding hydrogens is 226 g/mol. The zero-order valence-electron chi connectivity index (χ0n) is 10.4. The smallest absolute Gasteiger partial charge is 0.118 e. The highest BCUT2D eigenvalue weighted by Crippen LogP contribution is 2.28. The second-order valence-electron chi connectivity index (χ2n) is 4.07. The molecule has 0 aliphatic carbocycles. The Hall–Kier alpha value is -2.00. The van der Waals surface area contributed by atoms with E-state index < -0.39 is 6.10 Å². The van der Waals surface area contributed by atoms with E-state index in [2.05, 4.69) is 6.58 Å². The summed E-state index contributed by atoms with van der Waals surface area (Å²) < 4.78 is 7.03. The maximum absolute atomic E-state index is 10.4. The SMILES string of the molecule is C=C[C@@H]([C@H](O)c1ccc(OC)cc1)n1cccc1. The second-order valence-corrected chi connectivity index (χ2v) is 4.07. The Labute approximate surface area is 107 Å². The number of methoxy groups -OCH3 is 1. The Morgan fingerprint density at radius 3 is 2.33 bits per heavy atom. The molecular formula is C15H17NO2. The van der Waals surface area contributed by atoms with Crippen molar-refractivity contribution in [3.05, 3.63) is 67.0 Å². The normalized spacial score (nSPS) is 13.9. The van der Waals surface area contributed by atoms with E-state index in [-0.39, 0.29) is 6.04 Å². The number of rotatable bonds is 5. The Kier molecular flexibility index (Phi) is 3.85. The van der Waals surface area contributed by atoms with Gasteiger partial charge in [0.25, 0.3) is 0 Å². The van der Waals surface area contributed by atoms with Crippen LogP contribution in [0.4, 0.5) is 0 Å². The lowest BCUT2D eigenvalue weighted by Crippen LogP contribution is -2.14. The Bertz CT molecular complexity index is 488. The molecule has 0 fully saturated rings. The molecule has 2 atom stereocenters. The highest BCUT2D eigenvalue weighted by molar-refractivity contribution is 5.29. The van der Waals surface area contributed by atoms with Crippen LogP contribution in [-0.4, -0.2) is 16.8 Å². The number of aliphatic hydroxyl groups is 1. The predicted molar refractivity (Wildman–Crippen MR) is 71.6 cm³/mol. The number of ether oxygens (including phenoxy) is 1. The molecule has 0 aliphatic rings. The number of nitrogens with zero attached hydrogens (tertiary/aromatic N) is 1. The third-order valence-electron chi connectivity index (χ3n) is 2.99. The third-order valence-corrected chi connectivity index (χ3v) is 2.99. The van der Waals surface area contributed by atoms with E-state index in [1.807, 2.05) is 53.4 Å². The molecule has 0 spiro atoms. The van der Waals surface area contributed by atoms with E-state index in [1.165, 1.54) is 0 Å². The summed E-state index contributed by atoms with van der Waals surface area (Å²) in [6, 6.07) is 11.1. The van der Waals surface area contributed by atoms with Crippen molar-refractivity contribution >= 4 is 0 Å². The van der Waals surface area contributed by atoms with Crippen LogP contribution in [0.25, 0.3) is 0 Å². The minimum atomic E-state index is -0.624. The van der Waals surface area contributed by atoms with Gasteiger partial charge in [0.1, 0.15) is 11.9 Å². The van der Waals surface area contributed by atoms with E-state index in [9.17, 15) is 5.11 Å². The molecule has 0 unspecified atom stereocenters. The summed E-state index contributed by atoms with van der Waals surface area (Å²) in [6.45, 7) is 3.79. The van der Waals surface area contributed by atoms with Gasteiger partial charge in [-0.1, -0.05) is 18.2 Å². The summed E-state index contributed by atoms with van der Waals surface area (Å²) in [6.07, 6.45) is 4.95. The lowest BCUT2D eigenvalue weighted by Gasteiger charge is -2.22. The first kappa shape index (κ1) is 12.5. The average Bonchev–Trinajstić information content (AvgIpc) is 2.93. The average molecular weight is 243 g/mol. The van der Waals surface area contributed by atoms with Gasteiger partial charge in [-0.05, 0) is 29.8 Å². The molecule has 0 saturated carbocycles. The van der Waals surface area contributed by atoms with Crippen molar-refractivity contribution in [1.29, 1.82) is 0 Å². The summed E-state index contributed by atoms with van der Waals surface area (Å²) in [5, 5.41) is 10.4. The van der Waals surface area contributed by atoms with Gasteiger partial charge in [0.2, 0.25) is 0 Å². The van der Waals surface area contributed by atoms with E-state index in [0.29, 0.717) is 0 Å². The van der Waals surface area contributed by atoms with Crippen LogP contribution in [0.2, 0.25) is 0 Å². The first-order valence-electron chi connectivity index (χ1n) is 5.83. The molecule has 1 N–H and O–H groups in total. The summed E-state index contributed by atoms with van der Waals surface area (Å²) in [7, 11) is 1.62. The van der Waals surface area contributed by atoms with Crippen LogP contribution in [0.15, 0.2) is 61.4 Å². The molecule has 0 saturated heterocycles. The van der Waals surface area contributed by atoms with Crippen LogP contribution < -0.4 is 4.74 Å². The van der Waals surface area contributed by atoms with Gasteiger partial charge in [-0.2, -0.15) is 0 Å². The Morgan fingerprint density at radius 2 is 1.83 bits per heavy atom. The van der Waals surface area contributed by atoms with Crippen molar-refractivity contribution in [3.63, 3.8) is 0 Å². The van der Waals surface area contributed by atoms with Gasteiger partial charge in [-0.3, -0.25) is 0 Å². The lowest BCUT2D eigenvalue weighted by atomic mass is 10.0. The maximum Gasteiger partial charge on any atom is 0.118 e. The molecule has 0 radical (unpaired) electrons. The van der Waals surface area contributed by atoms with Crippen molar-refractivity contribution in [1.82, 2.24) is 4.57 Å². The van der Waals surface area contributed by atoms with Crippen molar-refractivity contribution in [2.45, 2.75) is 12.1 Å². The molecule has 1 aromatic heterocycles. The van der Waals surface area contributed by atoms with Crippen LogP contribution in [0.1, 0.15) is 17.7 Å². The topological polar surface area (TPSA) is 34.4 Å². The predicted octanol–water partition coefficient (Wildman–Crippen LogP) is 2.96. The van der Waals surface area contributed by atoms with E-state index in [4.69, 9.17) is 4.74 Å². The molecule has 1 heterocycles. The number of benzene rings is 1. The molecule has 0 amide bonds. The van der Waals surface area contributed by atoms with Crippen molar-refractivity contribution in [3.8, 4) is 5.75 Å². The van der Waals surface area contributed by atoms with Gasteiger partial charge in [-0.15, -0.1) is 6.58 Å². The Morgan fingerprint density at radius 1 is 1.22 bits per heavy atom. The highest BCUT2D eigenvalue weighted by Gasteiger charge is 2.18. The summed E-state index contributed by atoms with van der Waals surface area (Å²) in [5.41, 5.74) is 0.842. The van der Waals surface area contributed by atoms with E-state index in [0.717, 1.165) is 11.3 Å². The van der Waals surface area contributed by atoms with Crippen LogP contribution in [0.5, 0.6) is 5.75 Å². The number of hydrogen-bond acceptors (Lipinski definition) is 2. The minimum Gasteiger partial charge on any atom is -0.497 e. The van der Waals surface area contributed by atoms with Gasteiger partial charge >= 0.3 is 0 Å². The van der Waals surface area contributed by atoms with Gasteiger partial charge in [0.15, 0.2) is 0 Å². The van der Waals surface area contributed by atoms with Crippen LogP contribution in [-0.2, 0) is 0 Å². The fourth-order valence-corrected chi connectivity index (χ4v) is 1.96. The molecule has 3 nitrogen and oxygen atoms in total. The van der Waals surface area contributed by atoms with Crippen LogP contribution in [0, 0.1) is 0 Å². The second kappa shape index (κ2) is 5.56. The van der Waals surface area contributed by atoms with Crippen LogP contribution >= 0.6 is 0 Å². The van der Waals surface area contributed by atoms with Crippen LogP contribution in [0.3, 0.4) is 0 Å². The van der Waals surface area contributed by atoms with Crippen molar-refractivity contribution in [2.75, 3.05) is 7.11 Å². The molecule has 2 aromatic rings. The number of aromatic nitrogens is 1. The quantitative estimate of drug-likeness (QED) is 0.819. The molecule has 2 rings (SSSR count). The van der Waals surface area contributed by atoms with E-state index in [1.54, 1.807) is 13.2 Å². The van der Waals surface area contributed by atoms with E-state index >= 15 is 0 Å². The standard InChI is InChI=1S/C15H17NO2/c1-3-14(16-10-4-5-11-16)15(17)12-6-8-13(18-2)9-7-12/h3-11,14-15,17H,1H2,2H3/t14-,15+/m0/s1. The molecule has 94 valence electrons. The third kappa shape index (κ3) is 2.46. The molecule has 3 heteroatoms. The zero-order valence-corrected chi connectivity index (χ0v) is 10.4. The lowest BCUT2D eigenvalue weighted by molar-refractivity contribution is 0.135. The van der Waals surface area contributed by atoms with Gasteiger partial charge in [0, 0.05) is 12.4 Å². The molecule has 0 aliphatic heterocycles. The number of hydrogen-bond donors (Lipinski definition) is 1. The monoisotopic (exact) mass is 243 g/mol. The molecule has 18 heavy (non-hydrogen) atoms. The fraction of sp³-hybridized carbons (Fsp3) is 0.200. The maximum atomic E-state index is 10.4. The first-order valence-corrected chi connectivity index (χ1v) is 5.83. The summed E-state index contributed by atoms with van der Waals surface area (Å²) in [5.74, 6) is 0.780. The van der Waals surface area contributed by atoms with Gasteiger partial charge < -0.3 is 14.4 Å². The fourth-order valence-electron chi connectivity index (χ4n) is 1.96. The Balaban J connectivity index is 2.23. The zero-order chi connectivity index (χ0) is 13.0. The number of aliphatic hydroxyl groups excluding tert-OH is 1. The van der Waals surface area contributed by atoms with Gasteiger partial charge in [0.05, 0.1) is 13.2 Å².